The number of H-pyrrole nitrogens is 1. The quantitative estimate of drug-likeness (QED) is 0.882. The van der Waals surface area contributed by atoms with Crippen LogP contribution in [0.25, 0.3) is 10.6 Å². The summed E-state index contributed by atoms with van der Waals surface area (Å²) in [5.74, 6) is -0.151. The van der Waals surface area contributed by atoms with Crippen molar-refractivity contribution >= 4 is 28.9 Å². The summed E-state index contributed by atoms with van der Waals surface area (Å²) in [7, 11) is 0. The standard InChI is InChI=1S/C12H13ClN2O2S/c1-12(2,3)11-14-8(9(13)15-11)6-4-5-7(18-6)10(16)17/h4-5H,1-3H3,(H,14,15)(H,16,17). The van der Waals surface area contributed by atoms with Crippen LogP contribution in [-0.4, -0.2) is 21.0 Å². The first-order valence-corrected chi connectivity index (χ1v) is 6.58. The van der Waals surface area contributed by atoms with Crippen molar-refractivity contribution in [2.75, 3.05) is 0 Å². The second kappa shape index (κ2) is 4.40. The first-order valence-electron chi connectivity index (χ1n) is 5.38. The van der Waals surface area contributed by atoms with Crippen LogP contribution in [0.1, 0.15) is 36.3 Å². The first-order chi connectivity index (χ1) is 8.29. The van der Waals surface area contributed by atoms with Gasteiger partial charge in [0.15, 0.2) is 0 Å². The highest BCUT2D eigenvalue weighted by atomic mass is 35.5. The SMILES string of the molecule is CC(C)(C)c1nc(-c2ccc(C(=O)O)s2)c(Cl)[nH]1. The fourth-order valence-corrected chi connectivity index (χ4v) is 2.58. The molecule has 0 aliphatic carbocycles. The maximum Gasteiger partial charge on any atom is 0.345 e. The van der Waals surface area contributed by atoms with Gasteiger partial charge in [0.1, 0.15) is 21.5 Å². The number of hydrogen-bond acceptors (Lipinski definition) is 3. The topological polar surface area (TPSA) is 66.0 Å². The van der Waals surface area contributed by atoms with Gasteiger partial charge >= 0.3 is 5.97 Å². The number of nitrogens with zero attached hydrogens (tertiary/aromatic N) is 1. The summed E-state index contributed by atoms with van der Waals surface area (Å²) in [5.41, 5.74) is 0.480. The number of imidazole rings is 1. The second-order valence-corrected chi connectivity index (χ2v) is 6.43. The molecule has 0 saturated carbocycles. The van der Waals surface area contributed by atoms with Gasteiger partial charge in [0, 0.05) is 5.41 Å². The van der Waals surface area contributed by atoms with Crippen LogP contribution in [0, 0.1) is 0 Å². The summed E-state index contributed by atoms with van der Waals surface area (Å²) in [6.07, 6.45) is 0. The average molecular weight is 285 g/mol. The van der Waals surface area contributed by atoms with Gasteiger partial charge in [-0.1, -0.05) is 32.4 Å². The predicted octanol–water partition coefficient (Wildman–Crippen LogP) is 3.79. The number of hydrogen-bond donors (Lipinski definition) is 2. The van der Waals surface area contributed by atoms with Crippen LogP contribution in [0.2, 0.25) is 5.15 Å². The van der Waals surface area contributed by atoms with Crippen molar-refractivity contribution in [3.8, 4) is 10.6 Å². The molecule has 6 heteroatoms. The van der Waals surface area contributed by atoms with E-state index in [1.165, 1.54) is 11.3 Å². The van der Waals surface area contributed by atoms with Crippen molar-refractivity contribution in [2.45, 2.75) is 26.2 Å². The van der Waals surface area contributed by atoms with E-state index in [4.69, 9.17) is 16.7 Å². The number of aromatic amines is 1. The third kappa shape index (κ3) is 2.42. The van der Waals surface area contributed by atoms with Crippen LogP contribution < -0.4 is 0 Å². The normalized spacial score (nSPS) is 11.8. The number of aromatic carboxylic acids is 1. The van der Waals surface area contributed by atoms with Gasteiger partial charge in [-0.3, -0.25) is 0 Å². The lowest BCUT2D eigenvalue weighted by atomic mass is 9.96. The number of carbonyl (C=O) groups is 1. The molecule has 2 aromatic rings. The van der Waals surface area contributed by atoms with Crippen molar-refractivity contribution in [1.82, 2.24) is 9.97 Å². The largest absolute Gasteiger partial charge is 0.477 e. The Kier molecular flexibility index (Phi) is 3.21. The molecule has 0 atom stereocenters. The minimum Gasteiger partial charge on any atom is -0.477 e. The molecule has 4 nitrogen and oxygen atoms in total. The Hall–Kier alpha value is -1.33. The maximum atomic E-state index is 10.8. The predicted molar refractivity (Wildman–Crippen MR) is 72.6 cm³/mol. The van der Waals surface area contributed by atoms with Crippen LogP contribution in [-0.2, 0) is 5.41 Å². The summed E-state index contributed by atoms with van der Waals surface area (Å²) in [6, 6.07) is 3.28. The van der Waals surface area contributed by atoms with E-state index < -0.39 is 5.97 Å². The summed E-state index contributed by atoms with van der Waals surface area (Å²) in [6.45, 7) is 6.09. The molecule has 0 aromatic carbocycles. The van der Waals surface area contributed by atoms with Crippen LogP contribution >= 0.6 is 22.9 Å². The van der Waals surface area contributed by atoms with Gasteiger partial charge in [0.25, 0.3) is 0 Å². The minimum atomic E-state index is -0.936. The molecule has 2 rings (SSSR count). The van der Waals surface area contributed by atoms with Crippen LogP contribution in [0.15, 0.2) is 12.1 Å². The number of halogens is 1. The number of thiophene rings is 1. The molecule has 0 spiro atoms. The molecule has 0 radical (unpaired) electrons. The molecule has 2 N–H and O–H groups in total. The Bertz CT molecular complexity index is 595. The van der Waals surface area contributed by atoms with E-state index in [2.05, 4.69) is 9.97 Å². The monoisotopic (exact) mass is 284 g/mol. The molecule has 2 heterocycles. The molecule has 0 aliphatic rings. The Labute approximate surface area is 114 Å². The Balaban J connectivity index is 2.44. The fourth-order valence-electron chi connectivity index (χ4n) is 1.45. The third-order valence-corrected chi connectivity index (χ3v) is 3.77. The van der Waals surface area contributed by atoms with Crippen molar-refractivity contribution < 1.29 is 9.90 Å². The van der Waals surface area contributed by atoms with Gasteiger partial charge in [0.05, 0.1) is 4.88 Å². The highest BCUT2D eigenvalue weighted by Gasteiger charge is 2.22. The van der Waals surface area contributed by atoms with Crippen molar-refractivity contribution in [3.05, 3.63) is 28.0 Å². The van der Waals surface area contributed by atoms with Gasteiger partial charge in [0.2, 0.25) is 0 Å². The van der Waals surface area contributed by atoms with E-state index in [0.717, 1.165) is 10.7 Å². The van der Waals surface area contributed by atoms with Gasteiger partial charge in [-0.15, -0.1) is 11.3 Å². The van der Waals surface area contributed by atoms with E-state index in [9.17, 15) is 4.79 Å². The minimum absolute atomic E-state index is 0.130. The molecule has 0 amide bonds. The summed E-state index contributed by atoms with van der Waals surface area (Å²) >= 11 is 7.28. The Morgan fingerprint density at radius 1 is 1.44 bits per heavy atom. The number of carboxylic acid groups (broad SMARTS) is 1. The molecule has 18 heavy (non-hydrogen) atoms. The third-order valence-electron chi connectivity index (χ3n) is 2.42. The Morgan fingerprint density at radius 2 is 2.11 bits per heavy atom. The van der Waals surface area contributed by atoms with Gasteiger partial charge < -0.3 is 10.1 Å². The first kappa shape index (κ1) is 13.1. The lowest BCUT2D eigenvalue weighted by Crippen LogP contribution is -2.13. The second-order valence-electron chi connectivity index (χ2n) is 4.97. The highest BCUT2D eigenvalue weighted by Crippen LogP contribution is 2.34. The summed E-state index contributed by atoms with van der Waals surface area (Å²) in [4.78, 5) is 19.4. The van der Waals surface area contributed by atoms with Gasteiger partial charge in [-0.2, -0.15) is 0 Å². The van der Waals surface area contributed by atoms with Crippen LogP contribution in [0.5, 0.6) is 0 Å². The number of nitrogens with one attached hydrogen (secondary N) is 1. The zero-order chi connectivity index (χ0) is 13.5. The lowest BCUT2D eigenvalue weighted by molar-refractivity contribution is 0.0702. The van der Waals surface area contributed by atoms with Crippen molar-refractivity contribution in [3.63, 3.8) is 0 Å². The lowest BCUT2D eigenvalue weighted by Gasteiger charge is -2.13. The molecule has 0 saturated heterocycles. The van der Waals surface area contributed by atoms with Crippen LogP contribution in [0.3, 0.4) is 0 Å². The summed E-state index contributed by atoms with van der Waals surface area (Å²) in [5, 5.41) is 9.34. The maximum absolute atomic E-state index is 10.8. The number of carboxylic acids is 1. The van der Waals surface area contributed by atoms with E-state index in [1.54, 1.807) is 12.1 Å². The zero-order valence-corrected chi connectivity index (χ0v) is 11.8. The molecule has 0 aliphatic heterocycles. The average Bonchev–Trinajstić information content (AvgIpc) is 2.81. The van der Waals surface area contributed by atoms with E-state index in [-0.39, 0.29) is 10.3 Å². The fraction of sp³-hybridized carbons (Fsp3) is 0.333. The molecular weight excluding hydrogens is 272 g/mol. The molecule has 0 fully saturated rings. The van der Waals surface area contributed by atoms with Crippen molar-refractivity contribution in [2.24, 2.45) is 0 Å². The van der Waals surface area contributed by atoms with E-state index in [0.29, 0.717) is 10.8 Å². The van der Waals surface area contributed by atoms with Crippen LogP contribution in [0.4, 0.5) is 0 Å². The highest BCUT2D eigenvalue weighted by molar-refractivity contribution is 7.17. The van der Waals surface area contributed by atoms with E-state index in [1.807, 2.05) is 20.8 Å². The number of rotatable bonds is 2. The van der Waals surface area contributed by atoms with Gasteiger partial charge in [-0.25, -0.2) is 9.78 Å². The molecule has 0 bridgehead atoms. The van der Waals surface area contributed by atoms with E-state index >= 15 is 0 Å². The number of aromatic nitrogens is 2. The molecule has 2 aromatic heterocycles. The van der Waals surface area contributed by atoms with Gasteiger partial charge in [-0.05, 0) is 12.1 Å². The molecular formula is C12H13ClN2O2S. The Morgan fingerprint density at radius 3 is 2.56 bits per heavy atom. The zero-order valence-electron chi connectivity index (χ0n) is 10.2. The smallest absolute Gasteiger partial charge is 0.345 e. The van der Waals surface area contributed by atoms with Crippen molar-refractivity contribution in [1.29, 1.82) is 0 Å². The molecule has 0 unspecified atom stereocenters. The summed E-state index contributed by atoms with van der Waals surface area (Å²) < 4.78 is 0. The molecule has 96 valence electrons.